The van der Waals surface area contributed by atoms with Gasteiger partial charge in [-0.3, -0.25) is 4.79 Å². The third kappa shape index (κ3) is 5.43. The van der Waals surface area contributed by atoms with Crippen LogP contribution in [0.2, 0.25) is 0 Å². The van der Waals surface area contributed by atoms with Crippen LogP contribution in [0.15, 0.2) is 22.7 Å². The molecule has 0 fully saturated rings. The zero-order valence-corrected chi connectivity index (χ0v) is 13.3. The standard InChI is InChI=1S/C8H8BrNO.2ClH.Sn/c1-5(11)6-2-3-7(9)8(10)4-6;;;/h2-4H,10H2,1H3;2*1H;/q;;;+2/p-2. The van der Waals surface area contributed by atoms with Crippen LogP contribution in [0.5, 0.6) is 0 Å². The van der Waals surface area contributed by atoms with Gasteiger partial charge in [0.05, 0.1) is 0 Å². The van der Waals surface area contributed by atoms with E-state index in [4.69, 9.17) is 23.6 Å². The Morgan fingerprint density at radius 2 is 2.00 bits per heavy atom. The van der Waals surface area contributed by atoms with Gasteiger partial charge in [0.25, 0.3) is 0 Å². The Bertz CT molecular complexity index is 322. The van der Waals surface area contributed by atoms with Gasteiger partial charge in [-0.15, -0.1) is 0 Å². The average Bonchev–Trinajstić information content (AvgIpc) is 2.10. The van der Waals surface area contributed by atoms with E-state index in [9.17, 15) is 4.79 Å². The van der Waals surface area contributed by atoms with Crippen molar-refractivity contribution in [3.05, 3.63) is 28.2 Å². The van der Waals surface area contributed by atoms with E-state index >= 15 is 0 Å². The number of halogens is 3. The van der Waals surface area contributed by atoms with Crippen molar-refractivity contribution < 1.29 is 4.79 Å². The molecular formula is C8H8BrCl2NOSn. The summed E-state index contributed by atoms with van der Waals surface area (Å²) in [6, 6.07) is 5.17. The predicted octanol–water partition coefficient (Wildman–Crippen LogP) is 3.23. The molecule has 0 heterocycles. The summed E-state index contributed by atoms with van der Waals surface area (Å²) in [5.74, 6) is 0.0317. The van der Waals surface area contributed by atoms with E-state index in [-0.39, 0.29) is 5.78 Å². The van der Waals surface area contributed by atoms with Crippen LogP contribution in [0.4, 0.5) is 5.69 Å². The molecule has 0 amide bonds. The quantitative estimate of drug-likeness (QED) is 0.444. The van der Waals surface area contributed by atoms with Crippen LogP contribution in [-0.2, 0) is 0 Å². The molecule has 14 heavy (non-hydrogen) atoms. The summed E-state index contributed by atoms with van der Waals surface area (Å²) in [6.07, 6.45) is 0. The number of hydrogen-bond donors (Lipinski definition) is 1. The molecule has 0 aliphatic heterocycles. The number of rotatable bonds is 1. The molecule has 2 nitrogen and oxygen atoms in total. The van der Waals surface area contributed by atoms with Gasteiger partial charge in [-0.1, -0.05) is 6.07 Å². The second-order valence-electron chi connectivity index (χ2n) is 2.36. The first kappa shape index (κ1) is 14.5. The molecule has 1 aromatic carbocycles. The molecule has 0 aromatic heterocycles. The van der Waals surface area contributed by atoms with Gasteiger partial charge in [0.1, 0.15) is 0 Å². The van der Waals surface area contributed by atoms with Crippen LogP contribution in [0.1, 0.15) is 17.3 Å². The van der Waals surface area contributed by atoms with Crippen molar-refractivity contribution in [3.8, 4) is 0 Å². The van der Waals surface area contributed by atoms with Crippen LogP contribution in [0.3, 0.4) is 0 Å². The third-order valence-electron chi connectivity index (χ3n) is 1.40. The summed E-state index contributed by atoms with van der Waals surface area (Å²) < 4.78 is 0.822. The maximum atomic E-state index is 10.8. The number of anilines is 1. The van der Waals surface area contributed by atoms with E-state index < -0.39 is 18.9 Å². The number of benzene rings is 1. The number of carbonyl (C=O) groups excluding carboxylic acids is 1. The average molecular weight is 404 g/mol. The number of carbonyl (C=O) groups is 1. The molecule has 0 aliphatic carbocycles. The first-order chi connectivity index (χ1) is 6.52. The second kappa shape index (κ2) is 7.79. The number of nitrogen functional groups attached to an aromatic ring is 1. The molecule has 0 spiro atoms. The number of ketones is 1. The summed E-state index contributed by atoms with van der Waals surface area (Å²) in [4.78, 5) is 10.8. The van der Waals surface area contributed by atoms with Crippen LogP contribution < -0.4 is 5.73 Å². The number of hydrogen-bond acceptors (Lipinski definition) is 2. The maximum absolute atomic E-state index is 10.8. The fourth-order valence-corrected chi connectivity index (χ4v) is 1.01. The molecule has 1 rings (SSSR count). The van der Waals surface area contributed by atoms with Crippen molar-refractivity contribution in [1.82, 2.24) is 0 Å². The van der Waals surface area contributed by atoms with E-state index in [1.807, 2.05) is 0 Å². The molecule has 2 radical (unpaired) electrons. The van der Waals surface area contributed by atoms with Crippen molar-refractivity contribution in [3.63, 3.8) is 0 Å². The molecule has 2 N–H and O–H groups in total. The molecular weight excluding hydrogens is 396 g/mol. The normalized spacial score (nSPS) is 8.86. The van der Waals surface area contributed by atoms with Gasteiger partial charge in [0, 0.05) is 15.7 Å². The first-order valence-electron chi connectivity index (χ1n) is 3.55. The van der Waals surface area contributed by atoms with Crippen molar-refractivity contribution >= 4 is 64.1 Å². The van der Waals surface area contributed by atoms with Crippen LogP contribution in [0.25, 0.3) is 0 Å². The Kier molecular flexibility index (Phi) is 8.10. The number of nitrogens with two attached hydrogens (primary N) is 1. The molecule has 0 saturated carbocycles. The van der Waals surface area contributed by atoms with Gasteiger partial charge in [-0.05, 0) is 35.0 Å². The summed E-state index contributed by atoms with van der Waals surface area (Å²) in [5.41, 5.74) is 6.80. The van der Waals surface area contributed by atoms with Gasteiger partial charge < -0.3 is 5.73 Å². The van der Waals surface area contributed by atoms with Crippen molar-refractivity contribution in [1.29, 1.82) is 0 Å². The summed E-state index contributed by atoms with van der Waals surface area (Å²) in [7, 11) is 9.87. The molecule has 0 saturated heterocycles. The van der Waals surface area contributed by atoms with Gasteiger partial charge in [0.2, 0.25) is 0 Å². The Morgan fingerprint density at radius 3 is 2.36 bits per heavy atom. The van der Waals surface area contributed by atoms with E-state index in [1.54, 1.807) is 18.2 Å². The minimum absolute atomic E-state index is 0.0317. The predicted molar refractivity (Wildman–Crippen MR) is 66.0 cm³/mol. The van der Waals surface area contributed by atoms with Gasteiger partial charge in [-0.25, -0.2) is 0 Å². The molecule has 6 heteroatoms. The summed E-state index contributed by atoms with van der Waals surface area (Å²) in [6.45, 7) is 1.52. The minimum atomic E-state index is -0.826. The Morgan fingerprint density at radius 1 is 1.50 bits per heavy atom. The SMILES string of the molecule is CC(=O)c1ccc(Br)c(N)c1.[Cl][Sn][Cl]. The van der Waals surface area contributed by atoms with E-state index in [0.29, 0.717) is 11.3 Å². The summed E-state index contributed by atoms with van der Waals surface area (Å²) >= 11 is 2.42. The van der Waals surface area contributed by atoms with E-state index in [2.05, 4.69) is 15.9 Å². The number of Topliss-reactive ketones (excluding diaryl/α,β-unsaturated/α-hetero) is 1. The van der Waals surface area contributed by atoms with Crippen LogP contribution in [-0.4, -0.2) is 24.7 Å². The second-order valence-corrected chi connectivity index (χ2v) is 7.46. The third-order valence-corrected chi connectivity index (χ3v) is 2.12. The monoisotopic (exact) mass is 403 g/mol. The Hall–Kier alpha value is 0.549. The first-order valence-corrected chi connectivity index (χ1v) is 11.6. The van der Waals surface area contributed by atoms with E-state index in [1.165, 1.54) is 6.92 Å². The van der Waals surface area contributed by atoms with Gasteiger partial charge >= 0.3 is 36.7 Å². The van der Waals surface area contributed by atoms with Gasteiger partial charge in [0.15, 0.2) is 5.78 Å². The fraction of sp³-hybridized carbons (Fsp3) is 0.125. The van der Waals surface area contributed by atoms with Crippen LogP contribution in [0, 0.1) is 0 Å². The molecule has 0 atom stereocenters. The van der Waals surface area contributed by atoms with Crippen molar-refractivity contribution in [2.75, 3.05) is 5.73 Å². The molecule has 0 aliphatic rings. The summed E-state index contributed by atoms with van der Waals surface area (Å²) in [5, 5.41) is 0. The van der Waals surface area contributed by atoms with E-state index in [0.717, 1.165) is 4.47 Å². The van der Waals surface area contributed by atoms with Crippen molar-refractivity contribution in [2.45, 2.75) is 6.92 Å². The zero-order valence-electron chi connectivity index (χ0n) is 7.35. The Labute approximate surface area is 109 Å². The molecule has 0 bridgehead atoms. The van der Waals surface area contributed by atoms with Crippen molar-refractivity contribution in [2.24, 2.45) is 0 Å². The fourth-order valence-electron chi connectivity index (χ4n) is 0.763. The van der Waals surface area contributed by atoms with Crippen LogP contribution >= 0.6 is 33.8 Å². The molecule has 0 unspecified atom stereocenters. The Balaban J connectivity index is 0.000000500. The molecule has 76 valence electrons. The van der Waals surface area contributed by atoms with Gasteiger partial charge in [-0.2, -0.15) is 0 Å². The molecule has 1 aromatic rings. The topological polar surface area (TPSA) is 43.1 Å². The zero-order chi connectivity index (χ0) is 11.1.